The maximum atomic E-state index is 7.08. The van der Waals surface area contributed by atoms with Crippen LogP contribution in [0.4, 0.5) is 0 Å². The van der Waals surface area contributed by atoms with Crippen molar-refractivity contribution in [3.63, 3.8) is 0 Å². The first-order valence-corrected chi connectivity index (χ1v) is 0.516. The molecule has 0 fully saturated rings. The van der Waals surface area contributed by atoms with Crippen molar-refractivity contribution in [2.24, 2.45) is 5.16 Å². The molecule has 0 radical (unpaired) electrons. The van der Waals surface area contributed by atoms with Gasteiger partial charge in [0.15, 0.2) is 0 Å². The van der Waals surface area contributed by atoms with Crippen LogP contribution in [0.2, 0.25) is 0 Å². The number of rotatable bonds is 0. The van der Waals surface area contributed by atoms with Gasteiger partial charge in [-0.25, -0.2) is 0 Å². The van der Waals surface area contributed by atoms with Gasteiger partial charge in [-0.1, -0.05) is 0 Å². The third-order valence-electron chi connectivity index (χ3n) is 0. The second kappa shape index (κ2) is 11.1. The van der Waals surface area contributed by atoms with Crippen LogP contribution in [0.1, 0.15) is 0 Å². The summed E-state index contributed by atoms with van der Waals surface area (Å²) in [5, 5.41) is 9.33. The van der Waals surface area contributed by atoms with Crippen LogP contribution in [0.25, 0.3) is 0 Å². The summed E-state index contributed by atoms with van der Waals surface area (Å²) in [4.78, 5) is 0. The Morgan fingerprint density at radius 2 is 1.75 bits per heavy atom. The van der Waals surface area contributed by atoms with Gasteiger partial charge in [-0.05, 0) is 0 Å². The molecule has 28 valence electrons. The average molecular weight is 151 g/mol. The fourth-order valence-electron chi connectivity index (χ4n) is 0. The van der Waals surface area contributed by atoms with E-state index in [0.717, 1.165) is 0 Å². The molecule has 4 heavy (non-hydrogen) atoms. The smallest absolute Gasteiger partial charge is 0.0298 e. The van der Waals surface area contributed by atoms with Gasteiger partial charge in [-0.15, -0.1) is 5.16 Å². The minimum absolute atomic E-state index is 0. The fraction of sp³-hybridized carbons (Fsp3) is 0. The van der Waals surface area contributed by atoms with Gasteiger partial charge in [-0.3, -0.25) is 0 Å². The van der Waals surface area contributed by atoms with Gasteiger partial charge in [0, 0.05) is 27.1 Å². The van der Waals surface area contributed by atoms with E-state index < -0.39 is 0 Å². The maximum absolute atomic E-state index is 7.08. The summed E-state index contributed by atoms with van der Waals surface area (Å²) >= 11 is 0. The molecule has 0 amide bonds. The minimum Gasteiger partial charge on any atom is -0.411 e. The largest absolute Gasteiger partial charge is 0.411 e. The Labute approximate surface area is 38.2 Å². The molecule has 0 atom stereocenters. The summed E-state index contributed by atoms with van der Waals surface area (Å²) in [6, 6.07) is 0. The Hall–Kier alpha value is 0.132. The van der Waals surface area contributed by atoms with Crippen molar-refractivity contribution < 1.29 is 25.6 Å². The van der Waals surface area contributed by atoms with Crippen LogP contribution in [0, 0.1) is 0 Å². The normalized spacial score (nSPS) is 3.00. The molecule has 0 aliphatic carbocycles. The zero-order chi connectivity index (χ0) is 2.71. The molecule has 0 heterocycles. The molecule has 2 nitrogen and oxygen atoms in total. The molecule has 0 unspecified atom stereocenters. The quantitative estimate of drug-likeness (QED) is 0.226. The molecular weight excluding hydrogens is 148 g/mol. The Kier molecular flexibility index (Phi) is 24.8. The summed E-state index contributed by atoms with van der Waals surface area (Å²) in [5.74, 6) is 0. The predicted molar refractivity (Wildman–Crippen MR) is 11.3 cm³/mol. The number of hydrogen-bond donors (Lipinski definition) is 1. The Morgan fingerprint density at radius 1 is 1.75 bits per heavy atom. The van der Waals surface area contributed by atoms with Gasteiger partial charge in [0.1, 0.15) is 0 Å². The monoisotopic (exact) mass is 151 g/mol. The van der Waals surface area contributed by atoms with E-state index >= 15 is 0 Å². The Morgan fingerprint density at radius 3 is 1.75 bits per heavy atom. The second-order valence-corrected chi connectivity index (χ2v) is 0.141. The van der Waals surface area contributed by atoms with Crippen LogP contribution in [-0.4, -0.2) is 11.9 Å². The third-order valence-corrected chi connectivity index (χ3v) is 0. The van der Waals surface area contributed by atoms with E-state index in [9.17, 15) is 0 Å². The summed E-state index contributed by atoms with van der Waals surface area (Å²) in [6.07, 6.45) is 0. The van der Waals surface area contributed by atoms with Crippen molar-refractivity contribution in [1.82, 2.24) is 0 Å². The fourth-order valence-corrected chi connectivity index (χ4v) is 0. The topological polar surface area (TPSA) is 32.6 Å². The Balaban J connectivity index is 0. The zero-order valence-electron chi connectivity index (χ0n) is 1.92. The van der Waals surface area contributed by atoms with E-state index in [0.29, 0.717) is 0 Å². The van der Waals surface area contributed by atoms with Crippen LogP contribution < -0.4 is 0 Å². The van der Waals surface area contributed by atoms with Crippen molar-refractivity contribution in [2.75, 3.05) is 0 Å². The van der Waals surface area contributed by atoms with E-state index in [4.69, 9.17) is 5.21 Å². The van der Waals surface area contributed by atoms with Crippen molar-refractivity contribution >= 4 is 6.72 Å². The molecule has 0 aromatic rings. The van der Waals surface area contributed by atoms with E-state index in [1.54, 1.807) is 0 Å². The molecule has 0 bridgehead atoms. The first-order chi connectivity index (χ1) is 1.41. The van der Waals surface area contributed by atoms with Crippen LogP contribution in [-0.2, 0) is 20.4 Å². The summed E-state index contributed by atoms with van der Waals surface area (Å²) in [7, 11) is 0. The third kappa shape index (κ3) is 156. The van der Waals surface area contributed by atoms with Crippen molar-refractivity contribution in [1.29, 1.82) is 0 Å². The van der Waals surface area contributed by atoms with Crippen molar-refractivity contribution in [2.45, 2.75) is 0 Å². The molecule has 0 saturated carbocycles. The molecular formula is CH3NOPd. The molecule has 0 saturated heterocycles. The molecule has 0 spiro atoms. The van der Waals surface area contributed by atoms with E-state index in [-0.39, 0.29) is 20.4 Å². The zero-order valence-corrected chi connectivity index (χ0v) is 3.47. The van der Waals surface area contributed by atoms with Crippen molar-refractivity contribution in [3.05, 3.63) is 0 Å². The number of oxime groups is 1. The first-order valence-electron chi connectivity index (χ1n) is 0.516. The van der Waals surface area contributed by atoms with Gasteiger partial charge >= 0.3 is 0 Å². The van der Waals surface area contributed by atoms with Gasteiger partial charge < -0.3 is 5.21 Å². The first kappa shape index (κ1) is 8.92. The second-order valence-electron chi connectivity index (χ2n) is 0.141. The van der Waals surface area contributed by atoms with Crippen LogP contribution >= 0.6 is 0 Å². The van der Waals surface area contributed by atoms with Gasteiger partial charge in [0.25, 0.3) is 0 Å². The molecule has 0 aromatic carbocycles. The molecule has 0 aliphatic rings. The van der Waals surface area contributed by atoms with E-state index in [1.165, 1.54) is 0 Å². The standard InChI is InChI=1S/CH3NO.Pd/c1-2-3;/h3H,1H2;. The van der Waals surface area contributed by atoms with E-state index in [2.05, 4.69) is 11.9 Å². The minimum atomic E-state index is 0. The van der Waals surface area contributed by atoms with E-state index in [1.807, 2.05) is 0 Å². The molecule has 0 rings (SSSR count). The van der Waals surface area contributed by atoms with Crippen LogP contribution in [0.5, 0.6) is 0 Å². The summed E-state index contributed by atoms with van der Waals surface area (Å²) in [5.41, 5.74) is 0. The Bertz CT molecular complexity index is 15.5. The maximum Gasteiger partial charge on any atom is 0.0298 e. The van der Waals surface area contributed by atoms with Crippen molar-refractivity contribution in [3.8, 4) is 0 Å². The summed E-state index contributed by atoms with van der Waals surface area (Å²) < 4.78 is 0. The van der Waals surface area contributed by atoms with Gasteiger partial charge in [0.2, 0.25) is 0 Å². The molecule has 3 heteroatoms. The van der Waals surface area contributed by atoms with Gasteiger partial charge in [0.05, 0.1) is 0 Å². The number of nitrogens with zero attached hydrogens (tertiary/aromatic N) is 1. The van der Waals surface area contributed by atoms with Crippen LogP contribution in [0.15, 0.2) is 5.16 Å². The average Bonchev–Trinajstić information content (AvgIpc) is 0.918. The molecule has 0 aromatic heterocycles. The van der Waals surface area contributed by atoms with Crippen LogP contribution in [0.3, 0.4) is 0 Å². The molecule has 1 N–H and O–H groups in total. The molecule has 0 aliphatic heterocycles. The van der Waals surface area contributed by atoms with Gasteiger partial charge in [-0.2, -0.15) is 0 Å². The summed E-state index contributed by atoms with van der Waals surface area (Å²) in [6.45, 7) is 2.67. The number of hydrogen-bond acceptors (Lipinski definition) is 2. The predicted octanol–water partition coefficient (Wildman–Crippen LogP) is 0.0737. The SMILES string of the molecule is C=NO.[Pd].